The Morgan fingerprint density at radius 3 is 2.53 bits per heavy atom. The second-order valence-electron chi connectivity index (χ2n) is 6.80. The lowest BCUT2D eigenvalue weighted by atomic mass is 10.1. The lowest BCUT2D eigenvalue weighted by molar-refractivity contribution is -0.145. The lowest BCUT2D eigenvalue weighted by Gasteiger charge is -2.22. The van der Waals surface area contributed by atoms with Gasteiger partial charge >= 0.3 is 5.97 Å². The molecule has 2 aromatic rings. The van der Waals surface area contributed by atoms with Crippen molar-refractivity contribution in [3.63, 3.8) is 0 Å². The largest absolute Gasteiger partial charge is 0.491 e. The zero-order valence-corrected chi connectivity index (χ0v) is 16.7. The Hall–Kier alpha value is -3.68. The number of hydrogen-bond acceptors (Lipinski definition) is 6. The molecule has 1 heterocycles. The van der Waals surface area contributed by atoms with Crippen molar-refractivity contribution in [2.75, 3.05) is 23.4 Å². The summed E-state index contributed by atoms with van der Waals surface area (Å²) in [5.41, 5.74) is 1.39. The number of benzene rings is 2. The Bertz CT molecular complexity index is 970. The molecule has 0 aromatic heterocycles. The fourth-order valence-electron chi connectivity index (χ4n) is 3.07. The van der Waals surface area contributed by atoms with Gasteiger partial charge in [0, 0.05) is 18.2 Å². The fourth-order valence-corrected chi connectivity index (χ4v) is 3.07. The van der Waals surface area contributed by atoms with Gasteiger partial charge in [0.1, 0.15) is 12.3 Å². The van der Waals surface area contributed by atoms with E-state index in [0.29, 0.717) is 22.7 Å². The monoisotopic (exact) mass is 410 g/mol. The average molecular weight is 410 g/mol. The van der Waals surface area contributed by atoms with E-state index in [0.717, 1.165) is 0 Å². The number of carbonyl (C=O) groups excluding carboxylic acids is 4. The lowest BCUT2D eigenvalue weighted by Crippen LogP contribution is -2.38. The summed E-state index contributed by atoms with van der Waals surface area (Å²) in [4.78, 5) is 49.8. The van der Waals surface area contributed by atoms with Crippen LogP contribution < -0.4 is 15.0 Å². The van der Waals surface area contributed by atoms with Crippen LogP contribution in [0.15, 0.2) is 48.5 Å². The molecule has 0 fully saturated rings. The van der Waals surface area contributed by atoms with Gasteiger partial charge in [-0.15, -0.1) is 0 Å². The number of Topliss-reactive ketones (excluding diaryl/α,β-unsaturated/α-hetero) is 1. The third-order valence-electron chi connectivity index (χ3n) is 4.49. The molecule has 2 amide bonds. The van der Waals surface area contributed by atoms with Crippen LogP contribution in [0.3, 0.4) is 0 Å². The smallest absolute Gasteiger partial charge is 0.326 e. The third-order valence-corrected chi connectivity index (χ3v) is 4.49. The molecule has 30 heavy (non-hydrogen) atoms. The highest BCUT2D eigenvalue weighted by atomic mass is 16.5. The zero-order valence-electron chi connectivity index (χ0n) is 16.7. The van der Waals surface area contributed by atoms with Crippen LogP contribution in [0.5, 0.6) is 5.75 Å². The summed E-state index contributed by atoms with van der Waals surface area (Å²) in [6.45, 7) is 2.77. The molecule has 0 spiro atoms. The number of anilines is 2. The van der Waals surface area contributed by atoms with Crippen molar-refractivity contribution in [1.82, 2.24) is 0 Å². The van der Waals surface area contributed by atoms with Gasteiger partial charge in [-0.2, -0.15) is 0 Å². The van der Waals surface area contributed by atoms with E-state index in [2.05, 4.69) is 5.32 Å². The Balaban J connectivity index is 1.64. The van der Waals surface area contributed by atoms with E-state index >= 15 is 0 Å². The van der Waals surface area contributed by atoms with Gasteiger partial charge < -0.3 is 14.8 Å². The summed E-state index contributed by atoms with van der Waals surface area (Å²) in [5, 5.41) is 2.61. The molecule has 156 valence electrons. The first kappa shape index (κ1) is 21.0. The quantitative estimate of drug-likeness (QED) is 0.580. The van der Waals surface area contributed by atoms with Crippen molar-refractivity contribution < 1.29 is 28.7 Å². The number of amides is 2. The fraction of sp³-hybridized carbons (Fsp3) is 0.273. The molecular formula is C22H22N2O6. The maximum atomic E-state index is 12.6. The maximum Gasteiger partial charge on any atom is 0.326 e. The Morgan fingerprint density at radius 1 is 1.13 bits per heavy atom. The Labute approximate surface area is 173 Å². The number of esters is 1. The van der Waals surface area contributed by atoms with Gasteiger partial charge in [0.25, 0.3) is 0 Å². The molecule has 0 saturated heterocycles. The van der Waals surface area contributed by atoms with Crippen LogP contribution in [0, 0.1) is 0 Å². The first-order valence-electron chi connectivity index (χ1n) is 9.48. The summed E-state index contributed by atoms with van der Waals surface area (Å²) < 4.78 is 10.8. The highest BCUT2D eigenvalue weighted by Gasteiger charge is 2.27. The summed E-state index contributed by atoms with van der Waals surface area (Å²) in [6, 6.07) is 13.2. The maximum absolute atomic E-state index is 12.6. The number of fused-ring (bicyclic) bond motifs is 1. The molecule has 0 radical (unpaired) electrons. The Morgan fingerprint density at radius 2 is 1.83 bits per heavy atom. The van der Waals surface area contributed by atoms with Crippen molar-refractivity contribution in [3.8, 4) is 5.75 Å². The standard InChI is InChI=1S/C22H22N2O6/c1-14(22(28)16-7-9-17(10-8-16)23-15(2)25)30-21(27)13-24-18-5-3-4-6-19(18)29-12-11-20(24)26/h3-10,14H,11-13H2,1-2H3,(H,23,25)/t14-/m0/s1. The second-order valence-corrected chi connectivity index (χ2v) is 6.80. The number of hydrogen-bond donors (Lipinski definition) is 1. The van der Waals surface area contributed by atoms with Crippen LogP contribution in [0.4, 0.5) is 11.4 Å². The molecule has 1 atom stereocenters. The third kappa shape index (κ3) is 5.02. The van der Waals surface area contributed by atoms with Crippen molar-refractivity contribution in [3.05, 3.63) is 54.1 Å². The highest BCUT2D eigenvalue weighted by molar-refractivity contribution is 6.02. The molecule has 2 aromatic carbocycles. The van der Waals surface area contributed by atoms with E-state index in [1.807, 2.05) is 0 Å². The molecule has 8 nitrogen and oxygen atoms in total. The summed E-state index contributed by atoms with van der Waals surface area (Å²) in [6.07, 6.45) is -0.894. The number of nitrogens with one attached hydrogen (secondary N) is 1. The van der Waals surface area contributed by atoms with Gasteiger partial charge in [-0.3, -0.25) is 24.1 Å². The van der Waals surface area contributed by atoms with Crippen molar-refractivity contribution >= 4 is 34.9 Å². The molecular weight excluding hydrogens is 388 g/mol. The summed E-state index contributed by atoms with van der Waals surface area (Å²) in [7, 11) is 0. The molecule has 1 aliphatic rings. The number of para-hydroxylation sites is 2. The minimum absolute atomic E-state index is 0.136. The zero-order chi connectivity index (χ0) is 21.7. The van der Waals surface area contributed by atoms with Crippen LogP contribution >= 0.6 is 0 Å². The van der Waals surface area contributed by atoms with Crippen LogP contribution in [0.25, 0.3) is 0 Å². The molecule has 1 aliphatic heterocycles. The molecule has 1 N–H and O–H groups in total. The van der Waals surface area contributed by atoms with Gasteiger partial charge in [-0.1, -0.05) is 12.1 Å². The number of ether oxygens (including phenoxy) is 2. The SMILES string of the molecule is CC(=O)Nc1ccc(C(=O)[C@H](C)OC(=O)CN2C(=O)CCOc3ccccc32)cc1. The number of carbonyl (C=O) groups is 4. The minimum Gasteiger partial charge on any atom is -0.491 e. The second kappa shape index (κ2) is 9.21. The average Bonchev–Trinajstić information content (AvgIpc) is 2.86. The molecule has 0 unspecified atom stereocenters. The van der Waals surface area contributed by atoms with Gasteiger partial charge in [-0.05, 0) is 43.3 Å². The normalized spacial score (nSPS) is 14.1. The van der Waals surface area contributed by atoms with E-state index in [9.17, 15) is 19.2 Å². The van der Waals surface area contributed by atoms with Crippen LogP contribution in [-0.4, -0.2) is 42.8 Å². The van der Waals surface area contributed by atoms with E-state index in [1.165, 1.54) is 18.7 Å². The van der Waals surface area contributed by atoms with Gasteiger partial charge in [-0.25, -0.2) is 0 Å². The van der Waals surface area contributed by atoms with Crippen molar-refractivity contribution in [2.45, 2.75) is 26.4 Å². The molecule has 0 bridgehead atoms. The molecule has 0 aliphatic carbocycles. The predicted molar refractivity (Wildman–Crippen MR) is 110 cm³/mol. The Kier molecular flexibility index (Phi) is 6.46. The predicted octanol–water partition coefficient (Wildman–Crippen LogP) is 2.58. The van der Waals surface area contributed by atoms with E-state index < -0.39 is 12.1 Å². The van der Waals surface area contributed by atoms with E-state index in [-0.39, 0.29) is 37.2 Å². The number of nitrogens with zero attached hydrogens (tertiary/aromatic N) is 1. The first-order valence-corrected chi connectivity index (χ1v) is 9.48. The molecule has 0 saturated carbocycles. The van der Waals surface area contributed by atoms with Gasteiger partial charge in [0.05, 0.1) is 18.7 Å². The summed E-state index contributed by atoms with van der Waals surface area (Å²) in [5.74, 6) is -1.05. The van der Waals surface area contributed by atoms with Gasteiger partial charge in [0.15, 0.2) is 6.10 Å². The first-order chi connectivity index (χ1) is 14.3. The topological polar surface area (TPSA) is 102 Å². The highest BCUT2D eigenvalue weighted by Crippen LogP contribution is 2.30. The van der Waals surface area contributed by atoms with Crippen LogP contribution in [0.2, 0.25) is 0 Å². The van der Waals surface area contributed by atoms with Crippen molar-refractivity contribution in [2.24, 2.45) is 0 Å². The number of ketones is 1. The molecule has 3 rings (SSSR count). The summed E-state index contributed by atoms with van der Waals surface area (Å²) >= 11 is 0. The minimum atomic E-state index is -1.03. The van der Waals surface area contributed by atoms with Crippen molar-refractivity contribution in [1.29, 1.82) is 0 Å². The molecule has 8 heteroatoms. The van der Waals surface area contributed by atoms with Crippen LogP contribution in [0.1, 0.15) is 30.6 Å². The van der Waals surface area contributed by atoms with E-state index in [1.54, 1.807) is 48.5 Å². The van der Waals surface area contributed by atoms with Gasteiger partial charge in [0.2, 0.25) is 17.6 Å². The van der Waals surface area contributed by atoms with E-state index in [4.69, 9.17) is 9.47 Å². The number of rotatable bonds is 6. The van der Waals surface area contributed by atoms with Crippen LogP contribution in [-0.2, 0) is 19.1 Å².